The lowest BCUT2D eigenvalue weighted by Gasteiger charge is -2.35. The molecule has 1 atom stereocenters. The van der Waals surface area contributed by atoms with Crippen LogP contribution in [-0.4, -0.2) is 33.8 Å². The lowest BCUT2D eigenvalue weighted by molar-refractivity contribution is 0.0699. The summed E-state index contributed by atoms with van der Waals surface area (Å²) in [6.07, 6.45) is 1.54. The number of thioether (sulfide) groups is 1. The van der Waals surface area contributed by atoms with E-state index in [0.717, 1.165) is 22.8 Å². The smallest absolute Gasteiger partial charge is 0.259 e. The summed E-state index contributed by atoms with van der Waals surface area (Å²) in [6.45, 7) is 4.52. The van der Waals surface area contributed by atoms with Crippen LogP contribution in [-0.2, 0) is 0 Å². The zero-order valence-electron chi connectivity index (χ0n) is 13.3. The monoisotopic (exact) mass is 328 g/mol. The molecule has 0 bridgehead atoms. The van der Waals surface area contributed by atoms with Crippen LogP contribution in [0.15, 0.2) is 41.3 Å². The number of carbonyl (C=O) groups excluding carboxylic acids is 1. The number of aromatic nitrogens is 1. The normalized spacial score (nSPS) is 18.0. The first-order valence-electron chi connectivity index (χ1n) is 7.71. The number of carbonyl (C=O) groups is 1. The standard InChI is InChI=1S/C18H20N2O2S/c1-12-3-5-14(6-4-12)16-11-23-8-7-20(16)18(22)15-10-19-13(2)9-17(15)21/h3-6,9-10,16H,7-8,11H2,1-2H3,(H,19,21)/t16-/m1/s1. The van der Waals surface area contributed by atoms with Crippen molar-refractivity contribution in [2.45, 2.75) is 19.9 Å². The number of pyridine rings is 1. The minimum absolute atomic E-state index is 0.0163. The largest absolute Gasteiger partial charge is 0.364 e. The van der Waals surface area contributed by atoms with Crippen molar-refractivity contribution < 1.29 is 4.79 Å². The van der Waals surface area contributed by atoms with E-state index in [4.69, 9.17) is 0 Å². The number of hydrogen-bond acceptors (Lipinski definition) is 3. The molecule has 0 spiro atoms. The van der Waals surface area contributed by atoms with Gasteiger partial charge in [0, 0.05) is 36.0 Å². The predicted octanol–water partition coefficient (Wildman–Crippen LogP) is 2.92. The Hall–Kier alpha value is -2.01. The van der Waals surface area contributed by atoms with Crippen molar-refractivity contribution in [2.24, 2.45) is 0 Å². The van der Waals surface area contributed by atoms with Gasteiger partial charge in [0.15, 0.2) is 5.43 Å². The molecule has 3 rings (SSSR count). The quantitative estimate of drug-likeness (QED) is 0.922. The molecule has 5 heteroatoms. The van der Waals surface area contributed by atoms with Gasteiger partial charge in [-0.1, -0.05) is 29.8 Å². The maximum absolute atomic E-state index is 12.9. The van der Waals surface area contributed by atoms with Crippen molar-refractivity contribution in [1.82, 2.24) is 9.88 Å². The van der Waals surface area contributed by atoms with Gasteiger partial charge in [0.1, 0.15) is 5.56 Å². The molecular weight excluding hydrogens is 308 g/mol. The van der Waals surface area contributed by atoms with Gasteiger partial charge in [0.05, 0.1) is 6.04 Å². The van der Waals surface area contributed by atoms with Crippen molar-refractivity contribution in [3.8, 4) is 0 Å². The van der Waals surface area contributed by atoms with Crippen LogP contribution in [0.3, 0.4) is 0 Å². The number of rotatable bonds is 2. The number of amides is 1. The van der Waals surface area contributed by atoms with Crippen molar-refractivity contribution in [3.63, 3.8) is 0 Å². The number of hydrogen-bond donors (Lipinski definition) is 1. The lowest BCUT2D eigenvalue weighted by Crippen LogP contribution is -2.42. The SMILES string of the molecule is Cc1ccc([C@H]2CSCCN2C(=O)c2c[nH]c(C)cc2=O)cc1. The van der Waals surface area contributed by atoms with E-state index in [0.29, 0.717) is 6.54 Å². The molecule has 1 N–H and O–H groups in total. The molecular formula is C18H20N2O2S. The highest BCUT2D eigenvalue weighted by Gasteiger charge is 2.30. The number of nitrogens with one attached hydrogen (secondary N) is 1. The van der Waals surface area contributed by atoms with Crippen molar-refractivity contribution in [2.75, 3.05) is 18.1 Å². The highest BCUT2D eigenvalue weighted by Crippen LogP contribution is 2.30. The van der Waals surface area contributed by atoms with Gasteiger partial charge in [-0.15, -0.1) is 0 Å². The van der Waals surface area contributed by atoms with Gasteiger partial charge in [-0.05, 0) is 19.4 Å². The van der Waals surface area contributed by atoms with E-state index < -0.39 is 0 Å². The molecule has 23 heavy (non-hydrogen) atoms. The van der Waals surface area contributed by atoms with E-state index in [2.05, 4.69) is 29.2 Å². The van der Waals surface area contributed by atoms with Crippen LogP contribution in [0.2, 0.25) is 0 Å². The Bertz CT molecular complexity index is 767. The molecule has 2 heterocycles. The van der Waals surface area contributed by atoms with Crippen molar-refractivity contribution >= 4 is 17.7 Å². The Morgan fingerprint density at radius 1 is 1.26 bits per heavy atom. The molecule has 0 saturated carbocycles. The lowest BCUT2D eigenvalue weighted by atomic mass is 10.0. The molecule has 1 amide bonds. The first-order chi connectivity index (χ1) is 11.1. The van der Waals surface area contributed by atoms with E-state index in [-0.39, 0.29) is 22.9 Å². The Labute approximate surface area is 139 Å². The fourth-order valence-electron chi connectivity index (χ4n) is 2.81. The zero-order valence-corrected chi connectivity index (χ0v) is 14.2. The molecule has 1 fully saturated rings. The summed E-state index contributed by atoms with van der Waals surface area (Å²) >= 11 is 1.85. The van der Waals surface area contributed by atoms with Crippen LogP contribution in [0.1, 0.15) is 33.2 Å². The summed E-state index contributed by atoms with van der Waals surface area (Å²) in [6, 6.07) is 9.78. The molecule has 0 unspecified atom stereocenters. The topological polar surface area (TPSA) is 53.2 Å². The molecule has 2 aromatic rings. The third-order valence-electron chi connectivity index (χ3n) is 4.14. The first kappa shape index (κ1) is 15.9. The number of nitrogens with zero attached hydrogens (tertiary/aromatic N) is 1. The molecule has 4 nitrogen and oxygen atoms in total. The highest BCUT2D eigenvalue weighted by molar-refractivity contribution is 7.99. The molecule has 0 aliphatic carbocycles. The third-order valence-corrected chi connectivity index (χ3v) is 5.16. The Morgan fingerprint density at radius 3 is 2.70 bits per heavy atom. The summed E-state index contributed by atoms with van der Waals surface area (Å²) < 4.78 is 0. The average Bonchev–Trinajstić information content (AvgIpc) is 2.55. The number of H-pyrrole nitrogens is 1. The second-order valence-corrected chi connectivity index (χ2v) is 7.04. The van der Waals surface area contributed by atoms with Crippen LogP contribution >= 0.6 is 11.8 Å². The second kappa shape index (κ2) is 6.62. The van der Waals surface area contributed by atoms with Crippen LogP contribution < -0.4 is 5.43 Å². The Kier molecular flexibility index (Phi) is 4.57. The maximum atomic E-state index is 12.9. The van der Waals surface area contributed by atoms with E-state index in [9.17, 15) is 9.59 Å². The van der Waals surface area contributed by atoms with Crippen molar-refractivity contribution in [1.29, 1.82) is 0 Å². The Balaban J connectivity index is 1.93. The van der Waals surface area contributed by atoms with Crippen LogP contribution in [0.4, 0.5) is 0 Å². The fraction of sp³-hybridized carbons (Fsp3) is 0.333. The molecule has 1 aromatic heterocycles. The molecule has 1 saturated heterocycles. The summed E-state index contributed by atoms with van der Waals surface area (Å²) in [7, 11) is 0. The van der Waals surface area contributed by atoms with Gasteiger partial charge >= 0.3 is 0 Å². The first-order valence-corrected chi connectivity index (χ1v) is 8.86. The summed E-state index contributed by atoms with van der Waals surface area (Å²) in [4.78, 5) is 29.8. The van der Waals surface area contributed by atoms with Crippen LogP contribution in [0.5, 0.6) is 0 Å². The highest BCUT2D eigenvalue weighted by atomic mass is 32.2. The summed E-state index contributed by atoms with van der Waals surface area (Å²) in [5.41, 5.74) is 3.09. The minimum Gasteiger partial charge on any atom is -0.364 e. The molecule has 120 valence electrons. The Morgan fingerprint density at radius 2 is 2.00 bits per heavy atom. The molecule has 0 radical (unpaired) electrons. The van der Waals surface area contributed by atoms with E-state index in [1.807, 2.05) is 30.5 Å². The number of benzene rings is 1. The number of aryl methyl sites for hydroxylation is 2. The van der Waals surface area contributed by atoms with E-state index in [1.165, 1.54) is 17.8 Å². The van der Waals surface area contributed by atoms with E-state index in [1.54, 1.807) is 0 Å². The maximum Gasteiger partial charge on any atom is 0.259 e. The third kappa shape index (κ3) is 3.34. The van der Waals surface area contributed by atoms with E-state index >= 15 is 0 Å². The van der Waals surface area contributed by atoms with Crippen LogP contribution in [0, 0.1) is 13.8 Å². The average molecular weight is 328 g/mol. The molecule has 1 aromatic carbocycles. The summed E-state index contributed by atoms with van der Waals surface area (Å²) in [5.74, 6) is 1.58. The minimum atomic E-state index is -0.216. The van der Waals surface area contributed by atoms with Crippen LogP contribution in [0.25, 0.3) is 0 Å². The van der Waals surface area contributed by atoms with Gasteiger partial charge < -0.3 is 9.88 Å². The summed E-state index contributed by atoms with van der Waals surface area (Å²) in [5, 5.41) is 0. The number of aromatic amines is 1. The fourth-order valence-corrected chi connectivity index (χ4v) is 3.89. The molecule has 1 aliphatic rings. The van der Waals surface area contributed by atoms with Gasteiger partial charge in [0.2, 0.25) is 0 Å². The zero-order chi connectivity index (χ0) is 16.4. The van der Waals surface area contributed by atoms with Crippen molar-refractivity contribution in [3.05, 3.63) is 69.1 Å². The van der Waals surface area contributed by atoms with Gasteiger partial charge in [0.25, 0.3) is 5.91 Å². The van der Waals surface area contributed by atoms with Gasteiger partial charge in [-0.25, -0.2) is 0 Å². The second-order valence-electron chi connectivity index (χ2n) is 5.89. The predicted molar refractivity (Wildman–Crippen MR) is 94.1 cm³/mol. The van der Waals surface area contributed by atoms with Gasteiger partial charge in [-0.3, -0.25) is 9.59 Å². The van der Waals surface area contributed by atoms with Gasteiger partial charge in [-0.2, -0.15) is 11.8 Å². The molecule has 1 aliphatic heterocycles.